The molecule has 0 aromatic carbocycles. The van der Waals surface area contributed by atoms with Crippen LogP contribution in [0.25, 0.3) is 11.6 Å². The molecule has 106 valence electrons. The molecule has 0 unspecified atom stereocenters. The molecule has 2 bridgehead atoms. The monoisotopic (exact) mass is 275 g/mol. The highest BCUT2D eigenvalue weighted by Crippen LogP contribution is 2.27. The van der Waals surface area contributed by atoms with Crippen LogP contribution in [-0.4, -0.2) is 62.3 Å². The average molecular weight is 275 g/mol. The van der Waals surface area contributed by atoms with E-state index in [0.717, 1.165) is 18.8 Å². The van der Waals surface area contributed by atoms with Crippen molar-refractivity contribution < 1.29 is 4.42 Å². The van der Waals surface area contributed by atoms with Gasteiger partial charge in [0.1, 0.15) is 5.69 Å². The first-order chi connectivity index (χ1) is 9.81. The number of hydrogen-bond acceptors (Lipinski definition) is 7. The van der Waals surface area contributed by atoms with Gasteiger partial charge in [-0.3, -0.25) is 0 Å². The predicted molar refractivity (Wildman–Crippen MR) is 71.1 cm³/mol. The number of piperidine rings is 1. The third-order valence-electron chi connectivity index (χ3n) is 4.25. The van der Waals surface area contributed by atoms with E-state index in [1.165, 1.54) is 25.9 Å². The Bertz CT molecular complexity index is 598. The van der Waals surface area contributed by atoms with Crippen molar-refractivity contribution in [1.82, 2.24) is 30.1 Å². The lowest BCUT2D eigenvalue weighted by atomic mass is 10.1. The van der Waals surface area contributed by atoms with Gasteiger partial charge in [-0.05, 0) is 12.8 Å². The number of fused-ring (bicyclic) bond motifs is 4. The number of rotatable bonds is 2. The summed E-state index contributed by atoms with van der Waals surface area (Å²) in [6, 6.07) is 1.14. The van der Waals surface area contributed by atoms with Crippen molar-refractivity contribution in [1.29, 1.82) is 0 Å². The standard InChI is InChI=1S/C12H17N7O/c1-17-10(8-13-16-17)11-14-15-12(20-11)19-7-6-18-4-2-9(19)3-5-18/h8-9H,2-7H2,1H3. The Labute approximate surface area is 116 Å². The van der Waals surface area contributed by atoms with Crippen molar-refractivity contribution in [3.05, 3.63) is 6.20 Å². The van der Waals surface area contributed by atoms with E-state index in [9.17, 15) is 0 Å². The lowest BCUT2D eigenvalue weighted by Gasteiger charge is -2.29. The molecule has 8 heteroatoms. The molecule has 3 saturated heterocycles. The fourth-order valence-electron chi connectivity index (χ4n) is 3.06. The van der Waals surface area contributed by atoms with E-state index in [0.29, 0.717) is 17.9 Å². The SMILES string of the molecule is Cn1nncc1-c1nnc(N2CCN3CCC2CC3)o1. The van der Waals surface area contributed by atoms with E-state index in [1.54, 1.807) is 10.9 Å². The number of aromatic nitrogens is 5. The fraction of sp³-hybridized carbons (Fsp3) is 0.667. The van der Waals surface area contributed by atoms with Crippen molar-refractivity contribution in [2.24, 2.45) is 7.05 Å². The highest BCUT2D eigenvalue weighted by atomic mass is 16.4. The molecule has 3 aliphatic rings. The smallest absolute Gasteiger partial charge is 0.318 e. The fourth-order valence-corrected chi connectivity index (χ4v) is 3.06. The molecular formula is C12H17N7O. The first-order valence-electron chi connectivity index (χ1n) is 6.99. The zero-order valence-electron chi connectivity index (χ0n) is 11.4. The summed E-state index contributed by atoms with van der Waals surface area (Å²) >= 11 is 0. The number of aryl methyl sites for hydroxylation is 1. The molecule has 3 aliphatic heterocycles. The van der Waals surface area contributed by atoms with Crippen LogP contribution in [-0.2, 0) is 7.05 Å². The van der Waals surface area contributed by atoms with Crippen molar-refractivity contribution in [3.8, 4) is 11.6 Å². The molecule has 5 rings (SSSR count). The van der Waals surface area contributed by atoms with Crippen LogP contribution in [0.1, 0.15) is 12.8 Å². The third-order valence-corrected chi connectivity index (χ3v) is 4.25. The Balaban J connectivity index is 1.63. The van der Waals surface area contributed by atoms with E-state index in [2.05, 4.69) is 30.3 Å². The Kier molecular flexibility index (Phi) is 2.69. The van der Waals surface area contributed by atoms with Crippen LogP contribution in [0, 0.1) is 0 Å². The van der Waals surface area contributed by atoms with E-state index < -0.39 is 0 Å². The van der Waals surface area contributed by atoms with Crippen LogP contribution in [0.15, 0.2) is 10.6 Å². The third kappa shape index (κ3) is 1.87. The predicted octanol–water partition coefficient (Wildman–Crippen LogP) is 0.149. The van der Waals surface area contributed by atoms with Crippen LogP contribution < -0.4 is 4.90 Å². The van der Waals surface area contributed by atoms with Crippen molar-refractivity contribution >= 4 is 6.01 Å². The van der Waals surface area contributed by atoms with Gasteiger partial charge in [0.15, 0.2) is 0 Å². The van der Waals surface area contributed by atoms with Gasteiger partial charge in [-0.1, -0.05) is 10.3 Å². The van der Waals surface area contributed by atoms with Crippen molar-refractivity contribution in [3.63, 3.8) is 0 Å². The maximum absolute atomic E-state index is 5.84. The van der Waals surface area contributed by atoms with Crippen LogP contribution >= 0.6 is 0 Å². The Morgan fingerprint density at radius 3 is 2.75 bits per heavy atom. The molecule has 0 atom stereocenters. The number of anilines is 1. The van der Waals surface area contributed by atoms with Gasteiger partial charge in [0.2, 0.25) is 0 Å². The van der Waals surface area contributed by atoms with E-state index in [-0.39, 0.29) is 0 Å². The molecule has 8 nitrogen and oxygen atoms in total. The number of nitrogens with zero attached hydrogens (tertiary/aromatic N) is 7. The highest BCUT2D eigenvalue weighted by Gasteiger charge is 2.32. The van der Waals surface area contributed by atoms with Gasteiger partial charge < -0.3 is 14.2 Å². The molecule has 0 saturated carbocycles. The van der Waals surface area contributed by atoms with Gasteiger partial charge in [-0.25, -0.2) is 4.68 Å². The van der Waals surface area contributed by atoms with Gasteiger partial charge in [0, 0.05) is 39.3 Å². The zero-order valence-corrected chi connectivity index (χ0v) is 11.4. The Hall–Kier alpha value is -1.96. The quantitative estimate of drug-likeness (QED) is 0.772. The summed E-state index contributed by atoms with van der Waals surface area (Å²) in [6.07, 6.45) is 3.98. The molecule has 0 aliphatic carbocycles. The summed E-state index contributed by atoms with van der Waals surface area (Å²) in [5.74, 6) is 0.478. The Morgan fingerprint density at radius 2 is 2.00 bits per heavy atom. The maximum atomic E-state index is 5.84. The molecule has 20 heavy (non-hydrogen) atoms. The molecule has 0 spiro atoms. The maximum Gasteiger partial charge on any atom is 0.318 e. The van der Waals surface area contributed by atoms with Gasteiger partial charge in [0.25, 0.3) is 5.89 Å². The minimum atomic E-state index is 0.478. The summed E-state index contributed by atoms with van der Waals surface area (Å²) in [7, 11) is 1.81. The van der Waals surface area contributed by atoms with Crippen LogP contribution in [0.5, 0.6) is 0 Å². The molecule has 2 aromatic heterocycles. The first-order valence-corrected chi connectivity index (χ1v) is 6.99. The molecule has 0 radical (unpaired) electrons. The van der Waals surface area contributed by atoms with Gasteiger partial charge in [-0.15, -0.1) is 10.2 Å². The average Bonchev–Trinajstić information content (AvgIpc) is 3.00. The minimum Gasteiger partial charge on any atom is -0.401 e. The second-order valence-corrected chi connectivity index (χ2v) is 5.40. The number of hydrogen-bond donors (Lipinski definition) is 0. The lowest BCUT2D eigenvalue weighted by Crippen LogP contribution is -2.38. The lowest BCUT2D eigenvalue weighted by molar-refractivity contribution is 0.249. The zero-order chi connectivity index (χ0) is 13.5. The van der Waals surface area contributed by atoms with Crippen molar-refractivity contribution in [2.75, 3.05) is 31.1 Å². The second-order valence-electron chi connectivity index (χ2n) is 5.40. The highest BCUT2D eigenvalue weighted by molar-refractivity contribution is 5.46. The van der Waals surface area contributed by atoms with Gasteiger partial charge >= 0.3 is 6.01 Å². The van der Waals surface area contributed by atoms with E-state index in [1.807, 2.05) is 7.05 Å². The van der Waals surface area contributed by atoms with Crippen LogP contribution in [0.4, 0.5) is 6.01 Å². The van der Waals surface area contributed by atoms with E-state index in [4.69, 9.17) is 4.42 Å². The molecule has 0 amide bonds. The molecule has 0 N–H and O–H groups in total. The molecule has 2 aromatic rings. The largest absolute Gasteiger partial charge is 0.401 e. The van der Waals surface area contributed by atoms with Crippen LogP contribution in [0.3, 0.4) is 0 Å². The second kappa shape index (κ2) is 4.55. The van der Waals surface area contributed by atoms with Crippen molar-refractivity contribution in [2.45, 2.75) is 18.9 Å². The summed E-state index contributed by atoms with van der Waals surface area (Å²) in [6.45, 7) is 4.37. The van der Waals surface area contributed by atoms with Gasteiger partial charge in [-0.2, -0.15) is 0 Å². The summed E-state index contributed by atoms with van der Waals surface area (Å²) in [5.41, 5.74) is 0.742. The minimum absolute atomic E-state index is 0.478. The Morgan fingerprint density at radius 1 is 1.15 bits per heavy atom. The van der Waals surface area contributed by atoms with E-state index >= 15 is 0 Å². The molecular weight excluding hydrogens is 258 g/mol. The van der Waals surface area contributed by atoms with Gasteiger partial charge in [0.05, 0.1) is 6.20 Å². The summed E-state index contributed by atoms with van der Waals surface area (Å²) in [5, 5.41) is 16.1. The summed E-state index contributed by atoms with van der Waals surface area (Å²) in [4.78, 5) is 4.76. The van der Waals surface area contributed by atoms with Crippen LogP contribution in [0.2, 0.25) is 0 Å². The topological polar surface area (TPSA) is 76.1 Å². The summed E-state index contributed by atoms with van der Waals surface area (Å²) < 4.78 is 7.47. The normalized spacial score (nSPS) is 25.9. The molecule has 5 heterocycles. The first kappa shape index (κ1) is 11.8. The molecule has 3 fully saturated rings.